The maximum atomic E-state index is 12.3. The van der Waals surface area contributed by atoms with Crippen LogP contribution < -0.4 is 15.5 Å². The molecule has 1 aliphatic carbocycles. The van der Waals surface area contributed by atoms with Crippen molar-refractivity contribution in [2.45, 2.75) is 18.9 Å². The predicted octanol–water partition coefficient (Wildman–Crippen LogP) is 1.44. The maximum absolute atomic E-state index is 12.3. The second-order valence-electron chi connectivity index (χ2n) is 6.50. The van der Waals surface area contributed by atoms with E-state index in [1.54, 1.807) is 30.5 Å². The minimum atomic E-state index is -0.0696. The molecule has 25 heavy (non-hydrogen) atoms. The molecule has 128 valence electrons. The Hall–Kier alpha value is -2.96. The smallest absolute Gasteiger partial charge is 0.251 e. The molecule has 4 rings (SSSR count). The Balaban J connectivity index is 1.29. The molecule has 2 amide bonds. The molecule has 1 saturated heterocycles. The summed E-state index contributed by atoms with van der Waals surface area (Å²) in [6, 6.07) is 11.0. The highest BCUT2D eigenvalue weighted by Gasteiger charge is 2.33. The number of hydrogen-bond acceptors (Lipinski definition) is 5. The molecule has 1 aromatic heterocycles. The number of amides is 2. The average Bonchev–Trinajstić information content (AvgIpc) is 3.39. The molecule has 0 bridgehead atoms. The van der Waals surface area contributed by atoms with Gasteiger partial charge in [0, 0.05) is 36.6 Å². The fourth-order valence-corrected chi connectivity index (χ4v) is 2.74. The minimum absolute atomic E-state index is 0.0182. The molecule has 2 heterocycles. The number of rotatable bonds is 5. The van der Waals surface area contributed by atoms with Crippen molar-refractivity contribution >= 4 is 23.3 Å². The van der Waals surface area contributed by atoms with Crippen LogP contribution in [0.3, 0.4) is 0 Å². The van der Waals surface area contributed by atoms with Gasteiger partial charge in [0.05, 0.1) is 5.92 Å². The van der Waals surface area contributed by atoms with Gasteiger partial charge in [-0.25, -0.2) is 0 Å². The molecular weight excluding hydrogens is 318 g/mol. The normalized spacial score (nSPS) is 16.9. The van der Waals surface area contributed by atoms with Crippen molar-refractivity contribution in [3.05, 3.63) is 48.2 Å². The topological polar surface area (TPSA) is 87.2 Å². The number of carbonyl (C=O) groups is 2. The predicted molar refractivity (Wildman–Crippen MR) is 93.3 cm³/mol. The Kier molecular flexibility index (Phi) is 4.05. The van der Waals surface area contributed by atoms with Crippen LogP contribution in [-0.4, -0.2) is 41.1 Å². The fraction of sp³-hybridized carbons (Fsp3) is 0.333. The molecule has 7 heteroatoms. The number of nitrogens with one attached hydrogen (secondary N) is 2. The van der Waals surface area contributed by atoms with E-state index in [1.807, 2.05) is 17.0 Å². The van der Waals surface area contributed by atoms with Crippen LogP contribution in [0.1, 0.15) is 23.2 Å². The Morgan fingerprint density at radius 2 is 1.84 bits per heavy atom. The summed E-state index contributed by atoms with van der Waals surface area (Å²) >= 11 is 0. The molecule has 2 N–H and O–H groups in total. The molecule has 2 aromatic rings. The van der Waals surface area contributed by atoms with Gasteiger partial charge in [0.2, 0.25) is 5.91 Å². The number of aromatic nitrogens is 2. The highest BCUT2D eigenvalue weighted by molar-refractivity contribution is 5.97. The van der Waals surface area contributed by atoms with Gasteiger partial charge in [-0.05, 0) is 49.2 Å². The SMILES string of the molecule is O=C(NC1CC1)c1ccc(NC(=O)C2CN(c3cccnn3)C2)cc1. The summed E-state index contributed by atoms with van der Waals surface area (Å²) < 4.78 is 0. The summed E-state index contributed by atoms with van der Waals surface area (Å²) in [5.41, 5.74) is 1.31. The zero-order valence-electron chi connectivity index (χ0n) is 13.7. The minimum Gasteiger partial charge on any atom is -0.353 e. The molecule has 2 fully saturated rings. The van der Waals surface area contributed by atoms with Crippen LogP contribution in [0.4, 0.5) is 11.5 Å². The molecule has 0 spiro atoms. The van der Waals surface area contributed by atoms with E-state index in [-0.39, 0.29) is 17.7 Å². The number of benzene rings is 1. The van der Waals surface area contributed by atoms with E-state index in [0.717, 1.165) is 18.7 Å². The number of hydrogen-bond donors (Lipinski definition) is 2. The van der Waals surface area contributed by atoms with E-state index in [0.29, 0.717) is 30.4 Å². The van der Waals surface area contributed by atoms with Crippen LogP contribution >= 0.6 is 0 Å². The van der Waals surface area contributed by atoms with Crippen LogP contribution in [0.25, 0.3) is 0 Å². The van der Waals surface area contributed by atoms with Crippen LogP contribution in [0, 0.1) is 5.92 Å². The van der Waals surface area contributed by atoms with Gasteiger partial charge < -0.3 is 15.5 Å². The molecule has 1 aliphatic heterocycles. The molecule has 0 unspecified atom stereocenters. The van der Waals surface area contributed by atoms with Crippen molar-refractivity contribution in [1.82, 2.24) is 15.5 Å². The van der Waals surface area contributed by atoms with Crippen LogP contribution in [-0.2, 0) is 4.79 Å². The van der Waals surface area contributed by atoms with Crippen LogP contribution in [0.15, 0.2) is 42.6 Å². The largest absolute Gasteiger partial charge is 0.353 e. The highest BCUT2D eigenvalue weighted by atomic mass is 16.2. The second kappa shape index (κ2) is 6.51. The first-order valence-electron chi connectivity index (χ1n) is 8.43. The second-order valence-corrected chi connectivity index (χ2v) is 6.50. The standard InChI is InChI=1S/C18H19N5O2/c24-17(20-15-7-8-15)12-3-5-14(6-4-12)21-18(25)13-10-23(11-13)16-2-1-9-19-22-16/h1-6,9,13,15H,7-8,10-11H2,(H,20,24)(H,21,25). The van der Waals surface area contributed by atoms with E-state index in [9.17, 15) is 9.59 Å². The van der Waals surface area contributed by atoms with E-state index in [4.69, 9.17) is 0 Å². The summed E-state index contributed by atoms with van der Waals surface area (Å²) in [6.45, 7) is 1.26. The third kappa shape index (κ3) is 3.60. The van der Waals surface area contributed by atoms with Gasteiger partial charge in [-0.1, -0.05) is 0 Å². The first-order chi connectivity index (χ1) is 12.2. The van der Waals surface area contributed by atoms with Crippen LogP contribution in [0.5, 0.6) is 0 Å². The van der Waals surface area contributed by atoms with Gasteiger partial charge in [-0.2, -0.15) is 5.10 Å². The van der Waals surface area contributed by atoms with Crippen molar-refractivity contribution in [3.8, 4) is 0 Å². The highest BCUT2D eigenvalue weighted by Crippen LogP contribution is 2.23. The van der Waals surface area contributed by atoms with Gasteiger partial charge in [0.1, 0.15) is 0 Å². The van der Waals surface area contributed by atoms with Crippen molar-refractivity contribution in [3.63, 3.8) is 0 Å². The lowest BCUT2D eigenvalue weighted by Gasteiger charge is -2.38. The van der Waals surface area contributed by atoms with Gasteiger partial charge in [-0.15, -0.1) is 5.10 Å². The van der Waals surface area contributed by atoms with Gasteiger partial charge >= 0.3 is 0 Å². The van der Waals surface area contributed by atoms with E-state index < -0.39 is 0 Å². The lowest BCUT2D eigenvalue weighted by atomic mass is 9.99. The third-order valence-corrected chi connectivity index (χ3v) is 4.46. The monoisotopic (exact) mass is 337 g/mol. The lowest BCUT2D eigenvalue weighted by Crippen LogP contribution is -2.52. The van der Waals surface area contributed by atoms with E-state index >= 15 is 0 Å². The maximum Gasteiger partial charge on any atom is 0.251 e. The third-order valence-electron chi connectivity index (χ3n) is 4.46. The van der Waals surface area contributed by atoms with E-state index in [2.05, 4.69) is 20.8 Å². The Morgan fingerprint density at radius 1 is 1.08 bits per heavy atom. The first kappa shape index (κ1) is 15.6. The van der Waals surface area contributed by atoms with Gasteiger partial charge in [0.15, 0.2) is 5.82 Å². The zero-order chi connectivity index (χ0) is 17.2. The molecule has 2 aliphatic rings. The Bertz CT molecular complexity index is 768. The molecule has 1 aromatic carbocycles. The number of nitrogens with zero attached hydrogens (tertiary/aromatic N) is 3. The van der Waals surface area contributed by atoms with E-state index in [1.165, 1.54) is 0 Å². The summed E-state index contributed by atoms with van der Waals surface area (Å²) in [4.78, 5) is 26.3. The summed E-state index contributed by atoms with van der Waals surface area (Å²) in [6.07, 6.45) is 3.75. The molecule has 1 saturated carbocycles. The van der Waals surface area contributed by atoms with Gasteiger partial charge in [-0.3, -0.25) is 9.59 Å². The summed E-state index contributed by atoms with van der Waals surface area (Å²) in [5.74, 6) is 0.645. The molecule has 7 nitrogen and oxygen atoms in total. The Morgan fingerprint density at radius 3 is 2.48 bits per heavy atom. The molecule has 0 atom stereocenters. The van der Waals surface area contributed by atoms with Gasteiger partial charge in [0.25, 0.3) is 5.91 Å². The lowest BCUT2D eigenvalue weighted by molar-refractivity contribution is -0.120. The average molecular weight is 337 g/mol. The number of anilines is 2. The molecular formula is C18H19N5O2. The summed E-state index contributed by atoms with van der Waals surface area (Å²) in [7, 11) is 0. The van der Waals surface area contributed by atoms with Crippen LogP contribution in [0.2, 0.25) is 0 Å². The van der Waals surface area contributed by atoms with Crippen molar-refractivity contribution in [2.75, 3.05) is 23.3 Å². The zero-order valence-corrected chi connectivity index (χ0v) is 13.7. The molecule has 0 radical (unpaired) electrons. The summed E-state index contributed by atoms with van der Waals surface area (Å²) in [5, 5.41) is 13.7. The quantitative estimate of drug-likeness (QED) is 0.862. The Labute approximate surface area is 145 Å². The van der Waals surface area contributed by atoms with Crippen molar-refractivity contribution in [2.24, 2.45) is 5.92 Å². The van der Waals surface area contributed by atoms with Crippen molar-refractivity contribution in [1.29, 1.82) is 0 Å². The fourth-order valence-electron chi connectivity index (χ4n) is 2.74. The number of carbonyl (C=O) groups excluding carboxylic acids is 2. The van der Waals surface area contributed by atoms with Crippen molar-refractivity contribution < 1.29 is 9.59 Å². The first-order valence-corrected chi connectivity index (χ1v) is 8.43.